The lowest BCUT2D eigenvalue weighted by atomic mass is 9.85. The fourth-order valence-electron chi connectivity index (χ4n) is 5.04. The average molecular weight is 361 g/mol. The zero-order chi connectivity index (χ0) is 18.5. The van der Waals surface area contributed by atoms with Gasteiger partial charge < -0.3 is 5.32 Å². The van der Waals surface area contributed by atoms with Crippen LogP contribution in [0.2, 0.25) is 0 Å². The van der Waals surface area contributed by atoms with E-state index in [1.807, 2.05) is 24.3 Å². The summed E-state index contributed by atoms with van der Waals surface area (Å²) in [5, 5.41) is 4.50. The van der Waals surface area contributed by atoms with Crippen LogP contribution >= 0.6 is 0 Å². The zero-order valence-electron chi connectivity index (χ0n) is 15.4. The molecule has 5 nitrogen and oxygen atoms in total. The second kappa shape index (κ2) is 6.19. The number of allylic oxidation sites excluding steroid dienone is 2. The minimum absolute atomic E-state index is 0.0254. The van der Waals surface area contributed by atoms with Crippen LogP contribution in [-0.2, 0) is 16.0 Å². The maximum Gasteiger partial charge on any atom is 0.233 e. The summed E-state index contributed by atoms with van der Waals surface area (Å²) in [7, 11) is 0. The molecule has 1 N–H and O–H groups in total. The number of aromatic nitrogens is 1. The lowest BCUT2D eigenvalue weighted by Gasteiger charge is -2.18. The van der Waals surface area contributed by atoms with Crippen molar-refractivity contribution in [2.24, 2.45) is 23.7 Å². The number of hydrogen-bond donors (Lipinski definition) is 1. The van der Waals surface area contributed by atoms with E-state index in [1.165, 1.54) is 4.90 Å². The van der Waals surface area contributed by atoms with Gasteiger partial charge in [0.05, 0.1) is 17.4 Å². The normalized spacial score (nSPS) is 28.4. The third kappa shape index (κ3) is 2.48. The molecule has 2 aliphatic carbocycles. The highest BCUT2D eigenvalue weighted by Crippen LogP contribution is 2.52. The van der Waals surface area contributed by atoms with Gasteiger partial charge in [0.25, 0.3) is 0 Å². The number of fused-ring (bicyclic) bond motifs is 6. The molecule has 1 aliphatic heterocycles. The first kappa shape index (κ1) is 16.5. The van der Waals surface area contributed by atoms with E-state index >= 15 is 0 Å². The van der Waals surface area contributed by atoms with Crippen molar-refractivity contribution in [3.63, 3.8) is 0 Å². The van der Waals surface area contributed by atoms with Crippen LogP contribution in [0.1, 0.15) is 19.0 Å². The molecule has 2 amide bonds. The summed E-state index contributed by atoms with van der Waals surface area (Å²) in [6.45, 7) is 3.06. The van der Waals surface area contributed by atoms with Gasteiger partial charge in [-0.2, -0.15) is 0 Å². The number of rotatable bonds is 5. The lowest BCUT2D eigenvalue weighted by molar-refractivity contribution is -0.140. The molecule has 2 heterocycles. The molecule has 1 aromatic carbocycles. The lowest BCUT2D eigenvalue weighted by Crippen LogP contribution is -2.36. The van der Waals surface area contributed by atoms with Gasteiger partial charge in [-0.3, -0.25) is 19.5 Å². The van der Waals surface area contributed by atoms with Crippen molar-refractivity contribution >= 4 is 28.4 Å². The van der Waals surface area contributed by atoms with Crippen molar-refractivity contribution in [2.75, 3.05) is 18.4 Å². The number of nitrogens with zero attached hydrogens (tertiary/aromatic N) is 2. The Labute approximate surface area is 158 Å². The molecule has 1 saturated carbocycles. The van der Waals surface area contributed by atoms with E-state index < -0.39 is 0 Å². The smallest absolute Gasteiger partial charge is 0.233 e. The van der Waals surface area contributed by atoms with E-state index in [-0.39, 0.29) is 35.5 Å². The number of nitrogens with one attached hydrogen (secondary N) is 1. The fraction of sp³-hybridized carbons (Fsp3) is 0.409. The second-order valence-electron chi connectivity index (χ2n) is 7.79. The van der Waals surface area contributed by atoms with Crippen LogP contribution in [0.4, 0.5) is 5.69 Å². The molecule has 2 bridgehead atoms. The summed E-state index contributed by atoms with van der Waals surface area (Å²) >= 11 is 0. The van der Waals surface area contributed by atoms with E-state index in [1.54, 1.807) is 0 Å². The molecule has 0 spiro atoms. The highest BCUT2D eigenvalue weighted by molar-refractivity contribution is 6.06. The summed E-state index contributed by atoms with van der Waals surface area (Å²) in [4.78, 5) is 31.7. The van der Waals surface area contributed by atoms with E-state index in [0.717, 1.165) is 35.1 Å². The summed E-state index contributed by atoms with van der Waals surface area (Å²) in [6.07, 6.45) is 6.10. The predicted molar refractivity (Wildman–Crippen MR) is 104 cm³/mol. The predicted octanol–water partition coefficient (Wildman–Crippen LogP) is 3.02. The number of amides is 2. The second-order valence-corrected chi connectivity index (χ2v) is 7.79. The molecule has 4 unspecified atom stereocenters. The largest absolute Gasteiger partial charge is 0.383 e. The molecule has 2 fully saturated rings. The van der Waals surface area contributed by atoms with Crippen LogP contribution in [0.3, 0.4) is 0 Å². The number of para-hydroxylation sites is 1. The molecule has 27 heavy (non-hydrogen) atoms. The topological polar surface area (TPSA) is 62.3 Å². The summed E-state index contributed by atoms with van der Waals surface area (Å²) in [5.41, 5.74) is 3.00. The van der Waals surface area contributed by atoms with Crippen molar-refractivity contribution in [3.8, 4) is 0 Å². The number of imide groups is 1. The SMILES string of the molecule is CCc1cc(NCCN2C(=O)C3C4C=CC(C4)C3C2=O)c2ccccc2n1. The maximum absolute atomic E-state index is 12.8. The zero-order valence-corrected chi connectivity index (χ0v) is 15.4. The molecular formula is C22H23N3O2. The number of carbonyl (C=O) groups is 2. The Balaban J connectivity index is 1.32. The van der Waals surface area contributed by atoms with Crippen LogP contribution in [-0.4, -0.2) is 34.8 Å². The molecule has 3 aliphatic rings. The van der Waals surface area contributed by atoms with Crippen molar-refractivity contribution in [1.29, 1.82) is 0 Å². The fourth-order valence-corrected chi connectivity index (χ4v) is 5.04. The Morgan fingerprint density at radius 3 is 2.52 bits per heavy atom. The minimum Gasteiger partial charge on any atom is -0.383 e. The van der Waals surface area contributed by atoms with Crippen LogP contribution in [0.15, 0.2) is 42.5 Å². The quantitative estimate of drug-likeness (QED) is 0.657. The van der Waals surface area contributed by atoms with E-state index in [4.69, 9.17) is 0 Å². The van der Waals surface area contributed by atoms with Gasteiger partial charge in [0.1, 0.15) is 0 Å². The van der Waals surface area contributed by atoms with Crippen molar-refractivity contribution in [1.82, 2.24) is 9.88 Å². The van der Waals surface area contributed by atoms with Gasteiger partial charge in [0.2, 0.25) is 11.8 Å². The highest BCUT2D eigenvalue weighted by atomic mass is 16.2. The molecule has 1 saturated heterocycles. The number of aryl methyl sites for hydroxylation is 1. The minimum atomic E-state index is -0.110. The molecule has 0 radical (unpaired) electrons. The van der Waals surface area contributed by atoms with Gasteiger partial charge in [0.15, 0.2) is 0 Å². The highest BCUT2D eigenvalue weighted by Gasteiger charge is 2.58. The molecule has 5 rings (SSSR count). The van der Waals surface area contributed by atoms with Crippen LogP contribution in [0, 0.1) is 23.7 Å². The maximum atomic E-state index is 12.8. The average Bonchev–Trinajstić information content (AvgIpc) is 3.37. The third-order valence-corrected chi connectivity index (χ3v) is 6.34. The van der Waals surface area contributed by atoms with Crippen molar-refractivity contribution in [3.05, 3.63) is 48.2 Å². The van der Waals surface area contributed by atoms with Gasteiger partial charge in [0, 0.05) is 29.9 Å². The van der Waals surface area contributed by atoms with E-state index in [9.17, 15) is 9.59 Å². The summed E-state index contributed by atoms with van der Waals surface area (Å²) in [6, 6.07) is 10.1. The van der Waals surface area contributed by atoms with Crippen molar-refractivity contribution in [2.45, 2.75) is 19.8 Å². The van der Waals surface area contributed by atoms with Gasteiger partial charge in [-0.1, -0.05) is 37.3 Å². The number of likely N-dealkylation sites (tertiary alicyclic amines) is 1. The van der Waals surface area contributed by atoms with Crippen molar-refractivity contribution < 1.29 is 9.59 Å². The number of anilines is 1. The first-order valence-corrected chi connectivity index (χ1v) is 9.83. The van der Waals surface area contributed by atoms with Gasteiger partial charge in [-0.15, -0.1) is 0 Å². The standard InChI is InChI=1S/C22H23N3O2/c1-2-15-12-18(16-5-3-4-6-17(16)24-15)23-9-10-25-21(26)19-13-7-8-14(11-13)20(19)22(25)27/h3-8,12-14,19-20H,2,9-11H2,1H3,(H,23,24). The Morgan fingerprint density at radius 1 is 1.11 bits per heavy atom. The first-order chi connectivity index (χ1) is 13.2. The monoisotopic (exact) mass is 361 g/mol. The Hall–Kier alpha value is -2.69. The van der Waals surface area contributed by atoms with Gasteiger partial charge in [-0.05, 0) is 36.8 Å². The Morgan fingerprint density at radius 2 is 1.81 bits per heavy atom. The number of carbonyl (C=O) groups excluding carboxylic acids is 2. The first-order valence-electron chi connectivity index (χ1n) is 9.83. The summed E-state index contributed by atoms with van der Waals surface area (Å²) in [5.74, 6) is 0.369. The molecular weight excluding hydrogens is 338 g/mol. The molecule has 138 valence electrons. The van der Waals surface area contributed by atoms with Crippen LogP contribution < -0.4 is 5.32 Å². The summed E-state index contributed by atoms with van der Waals surface area (Å²) < 4.78 is 0. The Bertz CT molecular complexity index is 937. The van der Waals surface area contributed by atoms with Crippen LogP contribution in [0.25, 0.3) is 10.9 Å². The van der Waals surface area contributed by atoms with Crippen LogP contribution in [0.5, 0.6) is 0 Å². The van der Waals surface area contributed by atoms with E-state index in [0.29, 0.717) is 13.1 Å². The number of pyridine rings is 1. The van der Waals surface area contributed by atoms with Gasteiger partial charge >= 0.3 is 0 Å². The molecule has 1 aromatic heterocycles. The Kier molecular flexibility index (Phi) is 3.78. The molecule has 5 heteroatoms. The number of benzene rings is 1. The van der Waals surface area contributed by atoms with E-state index in [2.05, 4.69) is 35.4 Å². The van der Waals surface area contributed by atoms with Gasteiger partial charge in [-0.25, -0.2) is 0 Å². The molecule has 2 aromatic rings. The third-order valence-electron chi connectivity index (χ3n) is 6.34. The molecule has 4 atom stereocenters. The number of hydrogen-bond acceptors (Lipinski definition) is 4.